The first-order valence-corrected chi connectivity index (χ1v) is 15.1. The summed E-state index contributed by atoms with van der Waals surface area (Å²) in [6.45, 7) is 7.02. The summed E-state index contributed by atoms with van der Waals surface area (Å²) in [6, 6.07) is 6.59. The summed E-state index contributed by atoms with van der Waals surface area (Å²) < 4.78 is 44.7. The van der Waals surface area contributed by atoms with Crippen molar-refractivity contribution in [2.75, 3.05) is 19.8 Å². The number of benzene rings is 1. The van der Waals surface area contributed by atoms with Gasteiger partial charge in [-0.05, 0) is 31.4 Å². The van der Waals surface area contributed by atoms with E-state index in [2.05, 4.69) is 11.1 Å². The molecule has 0 unspecified atom stereocenters. The van der Waals surface area contributed by atoms with E-state index in [0.29, 0.717) is 19.6 Å². The van der Waals surface area contributed by atoms with Gasteiger partial charge in [0.15, 0.2) is 0 Å². The first-order valence-electron chi connectivity index (χ1n) is 13.8. The Bertz CT molecular complexity index is 789. The van der Waals surface area contributed by atoms with Crippen molar-refractivity contribution >= 4 is 22.3 Å². The van der Waals surface area contributed by atoms with E-state index < -0.39 is 22.3 Å². The molecule has 0 aromatic heterocycles. The van der Waals surface area contributed by atoms with Crippen LogP contribution < -0.4 is 29.6 Å². The molecule has 0 atom stereocenters. The second kappa shape index (κ2) is 26.3. The minimum absolute atomic E-state index is 0. The van der Waals surface area contributed by atoms with E-state index in [9.17, 15) is 22.6 Å². The third-order valence-electron chi connectivity index (χ3n) is 5.55. The van der Waals surface area contributed by atoms with Crippen LogP contribution in [0.15, 0.2) is 24.3 Å². The number of esters is 2. The Kier molecular flexibility index (Phi) is 27.1. The maximum Gasteiger partial charge on any atom is 1.00 e. The summed E-state index contributed by atoms with van der Waals surface area (Å²) in [5.41, 5.74) is 0.537. The van der Waals surface area contributed by atoms with Gasteiger partial charge in [0.2, 0.25) is 10.4 Å². The van der Waals surface area contributed by atoms with Crippen molar-refractivity contribution in [3.8, 4) is 0 Å². The van der Waals surface area contributed by atoms with E-state index >= 15 is 0 Å². The summed E-state index contributed by atoms with van der Waals surface area (Å²) in [7, 11) is -4.48. The summed E-state index contributed by atoms with van der Waals surface area (Å²) in [5, 5.41) is 0. The number of ether oxygens (including phenoxy) is 2. The molecule has 0 heterocycles. The monoisotopic (exact) mass is 566 g/mol. The van der Waals surface area contributed by atoms with Crippen LogP contribution in [-0.2, 0) is 24.1 Å². The van der Waals surface area contributed by atoms with Crippen molar-refractivity contribution in [1.29, 1.82) is 0 Å². The summed E-state index contributed by atoms with van der Waals surface area (Å²) >= 11 is 0. The van der Waals surface area contributed by atoms with Gasteiger partial charge in [-0.3, -0.25) is 4.18 Å². The van der Waals surface area contributed by atoms with Gasteiger partial charge in [-0.1, -0.05) is 104 Å². The molecule has 0 aliphatic rings. The van der Waals surface area contributed by atoms with Crippen molar-refractivity contribution in [3.63, 3.8) is 0 Å². The molecule has 0 radical (unpaired) electrons. The molecule has 0 aliphatic heterocycles. The molecular formula is C28H47NaO8S. The third kappa shape index (κ3) is 23.0. The Labute approximate surface area is 252 Å². The number of carbonyl (C=O) groups excluding carboxylic acids is 2. The molecule has 0 N–H and O–H groups in total. The van der Waals surface area contributed by atoms with Gasteiger partial charge in [-0.15, -0.1) is 0 Å². The van der Waals surface area contributed by atoms with Crippen molar-refractivity contribution in [1.82, 2.24) is 0 Å². The Hall–Kier alpha value is -0.970. The normalized spacial score (nSPS) is 10.6. The first kappa shape index (κ1) is 39.2. The molecule has 38 heavy (non-hydrogen) atoms. The number of hydrogen-bond acceptors (Lipinski definition) is 8. The maximum absolute atomic E-state index is 11.9. The molecule has 8 nitrogen and oxygen atoms in total. The van der Waals surface area contributed by atoms with Gasteiger partial charge >= 0.3 is 41.5 Å². The van der Waals surface area contributed by atoms with E-state index in [-0.39, 0.29) is 47.3 Å². The van der Waals surface area contributed by atoms with Gasteiger partial charge in [0.05, 0.1) is 30.9 Å². The molecule has 0 spiro atoms. The average molecular weight is 567 g/mol. The van der Waals surface area contributed by atoms with Gasteiger partial charge in [0, 0.05) is 0 Å². The second-order valence-electron chi connectivity index (χ2n) is 8.94. The van der Waals surface area contributed by atoms with E-state index in [1.807, 2.05) is 13.8 Å². The zero-order valence-corrected chi connectivity index (χ0v) is 26.8. The Morgan fingerprint density at radius 3 is 1.37 bits per heavy atom. The van der Waals surface area contributed by atoms with Crippen LogP contribution >= 0.6 is 0 Å². The van der Waals surface area contributed by atoms with Crippen LogP contribution in [0.2, 0.25) is 0 Å². The third-order valence-corrected chi connectivity index (χ3v) is 6.01. The predicted octanol–water partition coefficient (Wildman–Crippen LogP) is 3.99. The fourth-order valence-corrected chi connectivity index (χ4v) is 3.69. The van der Waals surface area contributed by atoms with E-state index in [1.165, 1.54) is 44.9 Å². The SMILES string of the molecule is CCCCCCCCCCCCOS(=O)(=O)[O-].CCCCOC(=O)c1ccccc1C(=O)OCCCC.[Na+]. The van der Waals surface area contributed by atoms with Gasteiger partial charge < -0.3 is 14.0 Å². The molecule has 0 bridgehead atoms. The zero-order chi connectivity index (χ0) is 27.8. The first-order chi connectivity index (χ1) is 17.8. The molecule has 0 saturated heterocycles. The Balaban J connectivity index is 0. The largest absolute Gasteiger partial charge is 1.00 e. The average Bonchev–Trinajstić information content (AvgIpc) is 2.87. The quantitative estimate of drug-likeness (QED) is 0.0764. The molecule has 1 aromatic carbocycles. The van der Waals surface area contributed by atoms with Crippen molar-refractivity contribution in [2.45, 2.75) is 111 Å². The fourth-order valence-electron chi connectivity index (χ4n) is 3.36. The Morgan fingerprint density at radius 1 is 0.632 bits per heavy atom. The standard InChI is InChI=1S/C16H22O4.C12H26O4S.Na/c1-3-5-11-19-15(17)13-9-7-8-10-14(13)16(18)20-12-6-4-2;1-2-3-4-5-6-7-8-9-10-11-12-16-17(13,14)15;/h7-10H,3-6,11-12H2,1-2H3;2-12H2,1H3,(H,13,14,15);/q;;+1/p-1. The number of unbranched alkanes of at least 4 members (excludes halogenated alkanes) is 11. The molecular weight excluding hydrogens is 519 g/mol. The maximum atomic E-state index is 11.9. The van der Waals surface area contributed by atoms with Gasteiger partial charge in [-0.25, -0.2) is 18.0 Å². The van der Waals surface area contributed by atoms with Crippen molar-refractivity contribution < 1.29 is 65.8 Å². The van der Waals surface area contributed by atoms with Crippen LogP contribution in [-0.4, -0.2) is 44.7 Å². The number of hydrogen-bond donors (Lipinski definition) is 0. The summed E-state index contributed by atoms with van der Waals surface area (Å²) in [6.07, 6.45) is 15.2. The topological polar surface area (TPSA) is 119 Å². The van der Waals surface area contributed by atoms with Gasteiger partial charge in [0.25, 0.3) is 0 Å². The molecule has 0 saturated carbocycles. The molecule has 10 heteroatoms. The molecule has 1 aromatic rings. The van der Waals surface area contributed by atoms with Crippen LogP contribution in [0.5, 0.6) is 0 Å². The molecule has 0 fully saturated rings. The predicted molar refractivity (Wildman–Crippen MR) is 144 cm³/mol. The minimum atomic E-state index is -4.48. The van der Waals surface area contributed by atoms with E-state index in [0.717, 1.165) is 38.5 Å². The van der Waals surface area contributed by atoms with Crippen LogP contribution in [0, 0.1) is 0 Å². The van der Waals surface area contributed by atoms with Crippen LogP contribution in [0.3, 0.4) is 0 Å². The molecule has 0 amide bonds. The molecule has 0 aliphatic carbocycles. The number of carbonyl (C=O) groups is 2. The van der Waals surface area contributed by atoms with Gasteiger partial charge in [-0.2, -0.15) is 0 Å². The van der Waals surface area contributed by atoms with Crippen LogP contribution in [0.4, 0.5) is 0 Å². The summed E-state index contributed by atoms with van der Waals surface area (Å²) in [4.78, 5) is 23.9. The fraction of sp³-hybridized carbons (Fsp3) is 0.714. The van der Waals surface area contributed by atoms with Gasteiger partial charge in [0.1, 0.15) is 0 Å². The minimum Gasteiger partial charge on any atom is -0.726 e. The molecule has 1 rings (SSSR count). The zero-order valence-electron chi connectivity index (χ0n) is 24.0. The van der Waals surface area contributed by atoms with Crippen molar-refractivity contribution in [3.05, 3.63) is 35.4 Å². The molecule has 214 valence electrons. The van der Waals surface area contributed by atoms with E-state index in [1.54, 1.807) is 24.3 Å². The van der Waals surface area contributed by atoms with Crippen molar-refractivity contribution in [2.24, 2.45) is 0 Å². The number of rotatable bonds is 20. The Morgan fingerprint density at radius 2 is 1.00 bits per heavy atom. The van der Waals surface area contributed by atoms with Crippen LogP contribution in [0.1, 0.15) is 131 Å². The smallest absolute Gasteiger partial charge is 0.726 e. The van der Waals surface area contributed by atoms with Crippen LogP contribution in [0.25, 0.3) is 0 Å². The summed E-state index contributed by atoms with van der Waals surface area (Å²) in [5.74, 6) is -0.942. The van der Waals surface area contributed by atoms with E-state index in [4.69, 9.17) is 9.47 Å². The second-order valence-corrected chi connectivity index (χ2v) is 9.99.